The summed E-state index contributed by atoms with van der Waals surface area (Å²) >= 11 is 0. The van der Waals surface area contributed by atoms with Crippen molar-refractivity contribution in [1.29, 1.82) is 0 Å². The molecule has 19 heavy (non-hydrogen) atoms. The predicted molar refractivity (Wildman–Crippen MR) is 61.6 cm³/mol. The van der Waals surface area contributed by atoms with Crippen molar-refractivity contribution in [2.24, 2.45) is 21.7 Å². The van der Waals surface area contributed by atoms with E-state index in [2.05, 4.69) is 14.9 Å². The van der Waals surface area contributed by atoms with Gasteiger partial charge in [-0.15, -0.1) is 4.91 Å². The van der Waals surface area contributed by atoms with E-state index in [1.807, 2.05) is 0 Å². The molecule has 1 amide bonds. The zero-order valence-electron chi connectivity index (χ0n) is 9.69. The van der Waals surface area contributed by atoms with E-state index < -0.39 is 23.3 Å². The second kappa shape index (κ2) is 5.64. The molecule has 0 radical (unpaired) electrons. The van der Waals surface area contributed by atoms with Crippen LogP contribution in [0.2, 0.25) is 0 Å². The molecule has 1 aliphatic rings. The Labute approximate surface area is 106 Å². The zero-order chi connectivity index (χ0) is 14.6. The molecule has 10 nitrogen and oxygen atoms in total. The van der Waals surface area contributed by atoms with E-state index in [4.69, 9.17) is 11.6 Å². The number of aliphatic imine (C=N–C) groups is 1. The summed E-state index contributed by atoms with van der Waals surface area (Å²) in [5, 5.41) is 2.81. The Morgan fingerprint density at radius 1 is 1.53 bits per heavy atom. The van der Waals surface area contributed by atoms with Crippen molar-refractivity contribution < 1.29 is 19.1 Å². The van der Waals surface area contributed by atoms with Crippen molar-refractivity contribution in [3.05, 3.63) is 28.2 Å². The van der Waals surface area contributed by atoms with Crippen molar-refractivity contribution in [3.63, 3.8) is 0 Å². The lowest BCUT2D eigenvalue weighted by molar-refractivity contribution is -0.137. The summed E-state index contributed by atoms with van der Waals surface area (Å²) in [7, 11) is 1.08. The van der Waals surface area contributed by atoms with E-state index in [0.29, 0.717) is 5.01 Å². The second-order valence-corrected chi connectivity index (χ2v) is 3.18. The number of carbonyl (C=O) groups is 3. The Morgan fingerprint density at radius 2 is 2.16 bits per heavy atom. The van der Waals surface area contributed by atoms with Crippen LogP contribution in [-0.2, 0) is 19.1 Å². The van der Waals surface area contributed by atoms with Crippen LogP contribution in [0.15, 0.2) is 33.5 Å². The molecule has 0 aromatic rings. The Hall–Kier alpha value is -2.88. The highest BCUT2D eigenvalue weighted by Gasteiger charge is 2.28. The van der Waals surface area contributed by atoms with Gasteiger partial charge in [-0.3, -0.25) is 14.6 Å². The Balaban J connectivity index is 3.43. The highest BCUT2D eigenvalue weighted by molar-refractivity contribution is 6.44. The van der Waals surface area contributed by atoms with Crippen LogP contribution in [0.4, 0.5) is 0 Å². The first-order valence-electron chi connectivity index (χ1n) is 4.72. The monoisotopic (exact) mass is 267 g/mol. The van der Waals surface area contributed by atoms with Crippen LogP contribution in [0.3, 0.4) is 0 Å². The molecule has 0 saturated carbocycles. The average molecular weight is 267 g/mol. The van der Waals surface area contributed by atoms with Crippen molar-refractivity contribution in [3.8, 4) is 0 Å². The van der Waals surface area contributed by atoms with E-state index in [1.165, 1.54) is 0 Å². The molecule has 4 N–H and O–H groups in total. The van der Waals surface area contributed by atoms with Crippen LogP contribution in [0.25, 0.3) is 0 Å². The molecule has 0 aliphatic carbocycles. The number of allylic oxidation sites excluding steroid dienone is 1. The number of aldehydes is 1. The van der Waals surface area contributed by atoms with Crippen LogP contribution < -0.4 is 11.6 Å². The van der Waals surface area contributed by atoms with Gasteiger partial charge in [0, 0.05) is 11.3 Å². The molecule has 0 bridgehead atoms. The molecular formula is C9H9N5O5. The largest absolute Gasteiger partial charge is 0.464 e. The lowest BCUT2D eigenvalue weighted by Crippen LogP contribution is -2.39. The fourth-order valence-electron chi connectivity index (χ4n) is 1.19. The summed E-state index contributed by atoms with van der Waals surface area (Å²) in [5.41, 5.74) is 4.07. The number of amides is 1. The van der Waals surface area contributed by atoms with Crippen molar-refractivity contribution in [2.75, 3.05) is 7.11 Å². The summed E-state index contributed by atoms with van der Waals surface area (Å²) in [5.74, 6) is 2.99. The van der Waals surface area contributed by atoms with E-state index in [0.717, 1.165) is 13.2 Å². The first kappa shape index (κ1) is 14.2. The lowest BCUT2D eigenvalue weighted by atomic mass is 10.2. The second-order valence-electron chi connectivity index (χ2n) is 3.18. The number of hydrazine groups is 1. The topological polar surface area (TPSA) is 158 Å². The standard InChI is InChI=1S/C9H9N5O5/c1-19-9(17)6-2-5(8(16)13-18)12-7(14(6)11)4(10)3-15/h2-3H,10-11H2,1H3/b7-4-. The van der Waals surface area contributed by atoms with Gasteiger partial charge in [0.2, 0.25) is 0 Å². The van der Waals surface area contributed by atoms with Gasteiger partial charge in [-0.2, -0.15) is 0 Å². The average Bonchev–Trinajstić information content (AvgIpc) is 2.44. The minimum Gasteiger partial charge on any atom is -0.464 e. The van der Waals surface area contributed by atoms with Gasteiger partial charge in [-0.05, 0) is 0 Å². The van der Waals surface area contributed by atoms with Crippen molar-refractivity contribution >= 4 is 23.9 Å². The van der Waals surface area contributed by atoms with Crippen molar-refractivity contribution in [2.45, 2.75) is 0 Å². The minimum absolute atomic E-state index is 0.218. The summed E-state index contributed by atoms with van der Waals surface area (Å²) in [6.07, 6.45) is 1.12. The number of ether oxygens (including phenoxy) is 1. The molecule has 0 spiro atoms. The minimum atomic E-state index is -1.24. The normalized spacial score (nSPS) is 17.1. The van der Waals surface area contributed by atoms with Gasteiger partial charge in [0.05, 0.1) is 7.11 Å². The number of nitrogens with two attached hydrogens (primary N) is 2. The molecule has 1 aliphatic heterocycles. The van der Waals surface area contributed by atoms with Gasteiger partial charge in [-0.1, -0.05) is 0 Å². The summed E-state index contributed by atoms with van der Waals surface area (Å²) in [4.78, 5) is 47.0. The molecule has 10 heteroatoms. The third-order valence-electron chi connectivity index (χ3n) is 2.07. The molecular weight excluding hydrogens is 258 g/mol. The maximum absolute atomic E-state index is 11.5. The van der Waals surface area contributed by atoms with Crippen LogP contribution in [-0.4, -0.2) is 36.0 Å². The summed E-state index contributed by atoms with van der Waals surface area (Å²) < 4.78 is 4.43. The Kier molecular flexibility index (Phi) is 4.21. The smallest absolute Gasteiger partial charge is 0.356 e. The number of nitrogens with zero attached hydrogens (tertiary/aromatic N) is 3. The van der Waals surface area contributed by atoms with Gasteiger partial charge < -0.3 is 10.5 Å². The van der Waals surface area contributed by atoms with Gasteiger partial charge in [0.15, 0.2) is 12.1 Å². The van der Waals surface area contributed by atoms with Gasteiger partial charge in [0.1, 0.15) is 17.1 Å². The number of rotatable bonds is 3. The summed E-state index contributed by atoms with van der Waals surface area (Å²) in [6, 6.07) is 0. The lowest BCUT2D eigenvalue weighted by Gasteiger charge is -2.24. The first-order chi connectivity index (χ1) is 8.96. The van der Waals surface area contributed by atoms with E-state index in [-0.39, 0.29) is 17.8 Å². The fraction of sp³-hybridized carbons (Fsp3) is 0.111. The van der Waals surface area contributed by atoms with Crippen LogP contribution in [0.1, 0.15) is 0 Å². The Morgan fingerprint density at radius 3 is 2.63 bits per heavy atom. The number of esters is 1. The van der Waals surface area contributed by atoms with Crippen LogP contribution in [0, 0.1) is 4.91 Å². The molecule has 0 unspecified atom stereocenters. The molecule has 0 aromatic carbocycles. The number of hydrogen-bond acceptors (Lipinski definition) is 9. The number of methoxy groups -OCH3 is 1. The highest BCUT2D eigenvalue weighted by atomic mass is 16.5. The molecule has 0 saturated heterocycles. The molecule has 100 valence electrons. The third kappa shape index (κ3) is 2.69. The fourth-order valence-corrected chi connectivity index (χ4v) is 1.19. The number of carbonyl (C=O) groups excluding carboxylic acids is 3. The maximum atomic E-state index is 11.5. The van der Waals surface area contributed by atoms with Crippen molar-refractivity contribution in [1.82, 2.24) is 5.01 Å². The third-order valence-corrected chi connectivity index (χ3v) is 2.07. The van der Waals surface area contributed by atoms with Gasteiger partial charge in [-0.25, -0.2) is 15.6 Å². The number of hydrogen-bond donors (Lipinski definition) is 2. The quantitative estimate of drug-likeness (QED) is 0.201. The molecule has 0 atom stereocenters. The zero-order valence-corrected chi connectivity index (χ0v) is 9.69. The molecule has 1 rings (SSSR count). The van der Waals surface area contributed by atoms with E-state index >= 15 is 0 Å². The van der Waals surface area contributed by atoms with Crippen LogP contribution in [0.5, 0.6) is 0 Å². The molecule has 0 aromatic heterocycles. The van der Waals surface area contributed by atoms with Crippen LogP contribution >= 0.6 is 0 Å². The van der Waals surface area contributed by atoms with Gasteiger partial charge >= 0.3 is 11.9 Å². The first-order valence-corrected chi connectivity index (χ1v) is 4.72. The molecule has 0 fully saturated rings. The van der Waals surface area contributed by atoms with Gasteiger partial charge in [0.25, 0.3) is 0 Å². The van der Waals surface area contributed by atoms with E-state index in [1.54, 1.807) is 0 Å². The maximum Gasteiger partial charge on any atom is 0.356 e. The van der Waals surface area contributed by atoms with E-state index in [9.17, 15) is 19.3 Å². The summed E-state index contributed by atoms with van der Waals surface area (Å²) in [6.45, 7) is 0. The highest BCUT2D eigenvalue weighted by Crippen LogP contribution is 2.18. The number of nitroso groups, excluding NO2 is 1. The Bertz CT molecular complexity index is 547. The molecule has 1 heterocycles. The predicted octanol–water partition coefficient (Wildman–Crippen LogP) is -1.71. The SMILES string of the molecule is COC(=O)C1=CC(C(=O)N=O)=N/C(=C(/N)C=O)N1N.